The molecule has 0 aliphatic rings. The minimum atomic E-state index is -0.611. The molecule has 4 N–H and O–H groups in total. The van der Waals surface area contributed by atoms with E-state index in [9.17, 15) is 9.59 Å². The lowest BCUT2D eigenvalue weighted by Gasteiger charge is -2.23. The number of rotatable bonds is 7. The lowest BCUT2D eigenvalue weighted by Crippen LogP contribution is -2.47. The third-order valence-corrected chi connectivity index (χ3v) is 3.91. The zero-order valence-corrected chi connectivity index (χ0v) is 14.9. The van der Waals surface area contributed by atoms with Gasteiger partial charge in [-0.25, -0.2) is 0 Å². The molecular weight excluding hydrogens is 314 g/mol. The predicted molar refractivity (Wildman–Crippen MR) is 93.0 cm³/mol. The summed E-state index contributed by atoms with van der Waals surface area (Å²) in [6.45, 7) is 7.68. The van der Waals surface area contributed by atoms with Gasteiger partial charge in [-0.05, 0) is 29.5 Å². The van der Waals surface area contributed by atoms with E-state index in [0.717, 1.165) is 5.56 Å². The maximum absolute atomic E-state index is 12.1. The smallest absolute Gasteiger partial charge is 0.239 e. The zero-order chi connectivity index (χ0) is 17.6. The van der Waals surface area contributed by atoms with E-state index in [4.69, 9.17) is 17.3 Å². The minimum absolute atomic E-state index is 0.0236. The molecule has 1 aromatic carbocycles. The van der Waals surface area contributed by atoms with Crippen LogP contribution in [0.1, 0.15) is 39.3 Å². The van der Waals surface area contributed by atoms with Crippen molar-refractivity contribution in [3.05, 3.63) is 34.9 Å². The molecule has 0 aromatic heterocycles. The SMILES string of the molecule is CC(C)C(NC(=O)CNC(=O)[C@@H](N)C(C)C)c1ccc(Cl)cc1. The van der Waals surface area contributed by atoms with Crippen molar-refractivity contribution in [3.8, 4) is 0 Å². The standard InChI is InChI=1S/C17H26ClN3O2/c1-10(2)15(19)17(23)20-9-14(22)21-16(11(3)4)12-5-7-13(18)8-6-12/h5-8,10-11,15-16H,9,19H2,1-4H3,(H,20,23)(H,21,22)/t15-,16?/m0/s1. The van der Waals surface area contributed by atoms with E-state index in [-0.39, 0.29) is 36.2 Å². The maximum atomic E-state index is 12.1. The molecule has 23 heavy (non-hydrogen) atoms. The maximum Gasteiger partial charge on any atom is 0.239 e. The molecule has 128 valence electrons. The van der Waals surface area contributed by atoms with Gasteiger partial charge in [-0.15, -0.1) is 0 Å². The molecule has 0 bridgehead atoms. The molecule has 2 amide bonds. The van der Waals surface area contributed by atoms with Crippen molar-refractivity contribution >= 4 is 23.4 Å². The van der Waals surface area contributed by atoms with Gasteiger partial charge >= 0.3 is 0 Å². The number of benzene rings is 1. The lowest BCUT2D eigenvalue weighted by atomic mass is 9.96. The molecule has 0 radical (unpaired) electrons. The third-order valence-electron chi connectivity index (χ3n) is 3.66. The first-order valence-corrected chi connectivity index (χ1v) is 8.18. The summed E-state index contributed by atoms with van der Waals surface area (Å²) in [5.41, 5.74) is 6.72. The van der Waals surface area contributed by atoms with Crippen LogP contribution >= 0.6 is 11.6 Å². The van der Waals surface area contributed by atoms with Gasteiger partial charge in [0.25, 0.3) is 0 Å². The molecule has 0 fully saturated rings. The average molecular weight is 340 g/mol. The van der Waals surface area contributed by atoms with Crippen LogP contribution in [0.25, 0.3) is 0 Å². The quantitative estimate of drug-likeness (QED) is 0.712. The Kier molecular flexibility index (Phi) is 7.52. The van der Waals surface area contributed by atoms with Crippen molar-refractivity contribution < 1.29 is 9.59 Å². The highest BCUT2D eigenvalue weighted by molar-refractivity contribution is 6.30. The molecule has 0 saturated carbocycles. The molecule has 0 saturated heterocycles. The number of carbonyl (C=O) groups is 2. The second-order valence-electron chi connectivity index (χ2n) is 6.33. The van der Waals surface area contributed by atoms with E-state index in [1.807, 2.05) is 39.8 Å². The fraction of sp³-hybridized carbons (Fsp3) is 0.529. The molecule has 0 aliphatic carbocycles. The number of amides is 2. The lowest BCUT2D eigenvalue weighted by molar-refractivity contribution is -0.127. The van der Waals surface area contributed by atoms with Gasteiger partial charge in [0.05, 0.1) is 18.6 Å². The summed E-state index contributed by atoms with van der Waals surface area (Å²) in [4.78, 5) is 23.9. The summed E-state index contributed by atoms with van der Waals surface area (Å²) in [7, 11) is 0. The molecule has 0 aliphatic heterocycles. The number of nitrogens with two attached hydrogens (primary N) is 1. The Morgan fingerprint density at radius 1 is 1.09 bits per heavy atom. The van der Waals surface area contributed by atoms with E-state index >= 15 is 0 Å². The van der Waals surface area contributed by atoms with Crippen molar-refractivity contribution in [1.82, 2.24) is 10.6 Å². The van der Waals surface area contributed by atoms with Crippen LogP contribution in [0.15, 0.2) is 24.3 Å². The molecule has 5 nitrogen and oxygen atoms in total. The Morgan fingerprint density at radius 2 is 1.65 bits per heavy atom. The summed E-state index contributed by atoms with van der Waals surface area (Å²) >= 11 is 5.89. The van der Waals surface area contributed by atoms with Gasteiger partial charge in [-0.3, -0.25) is 9.59 Å². The minimum Gasteiger partial charge on any atom is -0.348 e. The van der Waals surface area contributed by atoms with Gasteiger partial charge in [0, 0.05) is 5.02 Å². The number of carbonyl (C=O) groups excluding carboxylic acids is 2. The molecule has 1 rings (SSSR count). The fourth-order valence-electron chi connectivity index (χ4n) is 2.12. The highest BCUT2D eigenvalue weighted by atomic mass is 35.5. The van der Waals surface area contributed by atoms with E-state index < -0.39 is 6.04 Å². The Bertz CT molecular complexity index is 529. The predicted octanol–water partition coefficient (Wildman–Crippen LogP) is 2.25. The average Bonchev–Trinajstić information content (AvgIpc) is 2.50. The van der Waals surface area contributed by atoms with E-state index in [0.29, 0.717) is 5.02 Å². The highest BCUT2D eigenvalue weighted by Gasteiger charge is 2.20. The normalized spacial score (nSPS) is 13.7. The molecule has 1 unspecified atom stereocenters. The molecule has 2 atom stereocenters. The number of hydrogen-bond acceptors (Lipinski definition) is 3. The Balaban J connectivity index is 2.62. The molecule has 0 spiro atoms. The van der Waals surface area contributed by atoms with Gasteiger partial charge in [0.15, 0.2) is 0 Å². The van der Waals surface area contributed by atoms with Crippen LogP contribution in [-0.2, 0) is 9.59 Å². The van der Waals surface area contributed by atoms with Crippen LogP contribution in [-0.4, -0.2) is 24.4 Å². The van der Waals surface area contributed by atoms with Crippen molar-refractivity contribution in [2.75, 3.05) is 6.54 Å². The van der Waals surface area contributed by atoms with Gasteiger partial charge in [0.2, 0.25) is 11.8 Å². The van der Waals surface area contributed by atoms with Gasteiger partial charge in [-0.2, -0.15) is 0 Å². The van der Waals surface area contributed by atoms with Crippen molar-refractivity contribution in [2.45, 2.75) is 39.8 Å². The second-order valence-corrected chi connectivity index (χ2v) is 6.76. The monoisotopic (exact) mass is 339 g/mol. The van der Waals surface area contributed by atoms with Crippen LogP contribution in [0.2, 0.25) is 5.02 Å². The summed E-state index contributed by atoms with van der Waals surface area (Å²) in [5.74, 6) is -0.338. The second kappa shape index (κ2) is 8.89. The molecule has 1 aromatic rings. The Labute approximate surface area is 143 Å². The summed E-state index contributed by atoms with van der Waals surface area (Å²) in [6.07, 6.45) is 0. The number of halogens is 1. The Hall–Kier alpha value is -1.59. The molecule has 0 heterocycles. The first kappa shape index (κ1) is 19.5. The Morgan fingerprint density at radius 3 is 2.13 bits per heavy atom. The van der Waals surface area contributed by atoms with E-state index in [1.54, 1.807) is 12.1 Å². The molecular formula is C17H26ClN3O2. The van der Waals surface area contributed by atoms with Gasteiger partial charge in [0.1, 0.15) is 0 Å². The summed E-state index contributed by atoms with van der Waals surface area (Å²) in [6, 6.07) is 6.61. The van der Waals surface area contributed by atoms with Crippen LogP contribution < -0.4 is 16.4 Å². The fourth-order valence-corrected chi connectivity index (χ4v) is 2.24. The van der Waals surface area contributed by atoms with Crippen molar-refractivity contribution in [3.63, 3.8) is 0 Å². The number of hydrogen-bond donors (Lipinski definition) is 3. The topological polar surface area (TPSA) is 84.2 Å². The van der Waals surface area contributed by atoms with Crippen LogP contribution in [0.3, 0.4) is 0 Å². The summed E-state index contributed by atoms with van der Waals surface area (Å²) in [5, 5.41) is 6.16. The largest absolute Gasteiger partial charge is 0.348 e. The number of nitrogens with one attached hydrogen (secondary N) is 2. The first-order valence-electron chi connectivity index (χ1n) is 7.80. The highest BCUT2D eigenvalue weighted by Crippen LogP contribution is 2.23. The third kappa shape index (κ3) is 6.20. The van der Waals surface area contributed by atoms with Crippen LogP contribution in [0, 0.1) is 11.8 Å². The van der Waals surface area contributed by atoms with Crippen molar-refractivity contribution in [2.24, 2.45) is 17.6 Å². The zero-order valence-electron chi connectivity index (χ0n) is 14.1. The molecule has 6 heteroatoms. The summed E-state index contributed by atoms with van der Waals surface area (Å²) < 4.78 is 0. The van der Waals surface area contributed by atoms with E-state index in [1.165, 1.54) is 0 Å². The van der Waals surface area contributed by atoms with Gasteiger partial charge in [-0.1, -0.05) is 51.4 Å². The van der Waals surface area contributed by atoms with Gasteiger partial charge < -0.3 is 16.4 Å². The van der Waals surface area contributed by atoms with E-state index in [2.05, 4.69) is 10.6 Å². The van der Waals surface area contributed by atoms with Crippen molar-refractivity contribution in [1.29, 1.82) is 0 Å². The van der Waals surface area contributed by atoms with Crippen LogP contribution in [0.5, 0.6) is 0 Å². The first-order chi connectivity index (χ1) is 10.7. The van der Waals surface area contributed by atoms with Crippen LogP contribution in [0.4, 0.5) is 0 Å².